The highest BCUT2D eigenvalue weighted by Gasteiger charge is 2.31. The van der Waals surface area contributed by atoms with Gasteiger partial charge >= 0.3 is 5.97 Å². The van der Waals surface area contributed by atoms with Gasteiger partial charge in [0, 0.05) is 30.5 Å². The maximum Gasteiger partial charge on any atom is 0.311 e. The van der Waals surface area contributed by atoms with Gasteiger partial charge in [0.05, 0.1) is 0 Å². The van der Waals surface area contributed by atoms with Crippen LogP contribution in [0.25, 0.3) is 0 Å². The Hall–Kier alpha value is -2.07. The standard InChI is InChI=1S/C30H45NO3/c1-6-7-9-12-23-18-27(32)30(26-17-22(4)15-16-25(26)21(2)3)28(19-23)34-29(33)14-11-8-10-13-24-20-31(24)5/h17-19,24-26,32H,2,6-16,20H2,1,3-5H3/t24?,25-,26+,31?/m0/s1. The zero-order valence-electron chi connectivity index (χ0n) is 21.9. The molecule has 2 unspecified atom stereocenters. The van der Waals surface area contributed by atoms with Crippen LogP contribution in [0.15, 0.2) is 35.9 Å². The van der Waals surface area contributed by atoms with Crippen molar-refractivity contribution in [2.75, 3.05) is 13.6 Å². The number of carbonyl (C=O) groups is 1. The average Bonchev–Trinajstić information content (AvgIpc) is 3.48. The minimum atomic E-state index is -0.196. The lowest BCUT2D eigenvalue weighted by molar-refractivity contribution is -0.134. The maximum atomic E-state index is 12.8. The average molecular weight is 468 g/mol. The first-order valence-electron chi connectivity index (χ1n) is 13.4. The van der Waals surface area contributed by atoms with Crippen molar-refractivity contribution in [2.45, 2.75) is 103 Å². The molecular formula is C30H45NO3. The van der Waals surface area contributed by atoms with Crippen LogP contribution in [0.1, 0.15) is 102 Å². The second-order valence-corrected chi connectivity index (χ2v) is 10.7. The fraction of sp³-hybridized carbons (Fsp3) is 0.633. The number of carbonyl (C=O) groups excluding carboxylic acids is 1. The van der Waals surface area contributed by atoms with Crippen molar-refractivity contribution in [3.8, 4) is 11.5 Å². The van der Waals surface area contributed by atoms with Gasteiger partial charge in [-0.3, -0.25) is 4.79 Å². The second-order valence-electron chi connectivity index (χ2n) is 10.7. The Balaban J connectivity index is 1.75. The van der Waals surface area contributed by atoms with Gasteiger partial charge in [0.25, 0.3) is 0 Å². The van der Waals surface area contributed by atoms with Gasteiger partial charge in [0.15, 0.2) is 0 Å². The van der Waals surface area contributed by atoms with Gasteiger partial charge in [-0.25, -0.2) is 0 Å². The smallest absolute Gasteiger partial charge is 0.311 e. The zero-order chi connectivity index (χ0) is 24.7. The topological polar surface area (TPSA) is 49.5 Å². The van der Waals surface area contributed by atoms with Crippen LogP contribution >= 0.6 is 0 Å². The van der Waals surface area contributed by atoms with Crippen molar-refractivity contribution in [3.63, 3.8) is 0 Å². The van der Waals surface area contributed by atoms with Gasteiger partial charge < -0.3 is 14.7 Å². The van der Waals surface area contributed by atoms with Gasteiger partial charge in [-0.15, -0.1) is 0 Å². The number of hydrogen-bond donors (Lipinski definition) is 1. The number of aryl methyl sites for hydroxylation is 1. The SMILES string of the molecule is C=C(C)[C@@H]1CCC(C)=C[C@H]1c1c(O)cc(CCCCC)cc1OC(=O)CCCCCC1CN1C. The third-order valence-electron chi connectivity index (χ3n) is 7.59. The molecule has 1 N–H and O–H groups in total. The van der Waals surface area contributed by atoms with E-state index >= 15 is 0 Å². The molecule has 4 heteroatoms. The molecule has 1 aliphatic heterocycles. The minimum Gasteiger partial charge on any atom is -0.507 e. The molecule has 2 aliphatic rings. The summed E-state index contributed by atoms with van der Waals surface area (Å²) in [7, 11) is 2.16. The van der Waals surface area contributed by atoms with Crippen LogP contribution in [0.3, 0.4) is 0 Å². The maximum absolute atomic E-state index is 12.8. The number of rotatable bonds is 13. The number of ether oxygens (including phenoxy) is 1. The molecular weight excluding hydrogens is 422 g/mol. The summed E-state index contributed by atoms with van der Waals surface area (Å²) in [6.45, 7) is 11.8. The number of hydrogen-bond acceptors (Lipinski definition) is 4. The van der Waals surface area contributed by atoms with Crippen LogP contribution in [-0.2, 0) is 11.2 Å². The molecule has 4 nitrogen and oxygen atoms in total. The zero-order valence-corrected chi connectivity index (χ0v) is 21.9. The van der Waals surface area contributed by atoms with Crippen molar-refractivity contribution in [3.05, 3.63) is 47.1 Å². The van der Waals surface area contributed by atoms with Gasteiger partial charge in [0.2, 0.25) is 0 Å². The first-order chi connectivity index (χ1) is 16.3. The fourth-order valence-corrected chi connectivity index (χ4v) is 5.31. The minimum absolute atomic E-state index is 0.0192. The summed E-state index contributed by atoms with van der Waals surface area (Å²) in [6.07, 6.45) is 13.2. The molecule has 0 bridgehead atoms. The summed E-state index contributed by atoms with van der Waals surface area (Å²) in [5, 5.41) is 11.2. The van der Waals surface area contributed by atoms with Gasteiger partial charge in [-0.1, -0.05) is 56.4 Å². The van der Waals surface area contributed by atoms with E-state index in [4.69, 9.17) is 4.74 Å². The molecule has 1 aliphatic carbocycles. The van der Waals surface area contributed by atoms with Crippen LogP contribution in [-0.4, -0.2) is 35.6 Å². The summed E-state index contributed by atoms with van der Waals surface area (Å²) in [5.41, 5.74) is 4.21. The normalized spacial score (nSPS) is 23.9. The van der Waals surface area contributed by atoms with Gasteiger partial charge in [0.1, 0.15) is 11.5 Å². The lowest BCUT2D eigenvalue weighted by atomic mass is 9.73. The summed E-state index contributed by atoms with van der Waals surface area (Å²) in [5.74, 6) is 0.803. The number of unbranched alkanes of at least 4 members (excludes halogenated alkanes) is 4. The number of phenolic OH excluding ortho intramolecular Hbond substituents is 1. The Kier molecular flexibility index (Phi) is 9.82. The van der Waals surface area contributed by atoms with E-state index in [-0.39, 0.29) is 23.6 Å². The molecule has 3 rings (SSSR count). The number of allylic oxidation sites excluding steroid dienone is 3. The molecule has 0 saturated carbocycles. The van der Waals surface area contributed by atoms with Crippen LogP contribution < -0.4 is 4.74 Å². The van der Waals surface area contributed by atoms with E-state index in [2.05, 4.69) is 45.4 Å². The molecule has 1 aromatic rings. The Morgan fingerprint density at radius 2 is 1.97 bits per heavy atom. The molecule has 188 valence electrons. The highest BCUT2D eigenvalue weighted by Crippen LogP contribution is 2.47. The van der Waals surface area contributed by atoms with E-state index in [1.807, 2.05) is 12.1 Å². The Morgan fingerprint density at radius 3 is 2.65 bits per heavy atom. The highest BCUT2D eigenvalue weighted by atomic mass is 16.5. The van der Waals surface area contributed by atoms with Crippen molar-refractivity contribution < 1.29 is 14.6 Å². The van der Waals surface area contributed by atoms with Crippen molar-refractivity contribution in [1.82, 2.24) is 4.90 Å². The summed E-state index contributed by atoms with van der Waals surface area (Å²) >= 11 is 0. The predicted molar refractivity (Wildman–Crippen MR) is 141 cm³/mol. The molecule has 0 aromatic heterocycles. The molecule has 1 aromatic carbocycles. The van der Waals surface area contributed by atoms with Crippen LogP contribution in [0, 0.1) is 5.92 Å². The number of benzene rings is 1. The quantitative estimate of drug-likeness (QED) is 0.109. The third-order valence-corrected chi connectivity index (χ3v) is 7.59. The number of phenols is 1. The highest BCUT2D eigenvalue weighted by molar-refractivity contribution is 5.73. The second kappa shape index (κ2) is 12.6. The lowest BCUT2D eigenvalue weighted by Gasteiger charge is -2.32. The number of aromatic hydroxyl groups is 1. The first kappa shape index (κ1) is 26.5. The monoisotopic (exact) mass is 467 g/mol. The van der Waals surface area contributed by atoms with Gasteiger partial charge in [-0.2, -0.15) is 0 Å². The van der Waals surface area contributed by atoms with Crippen molar-refractivity contribution >= 4 is 5.97 Å². The predicted octanol–water partition coefficient (Wildman–Crippen LogP) is 7.31. The lowest BCUT2D eigenvalue weighted by Crippen LogP contribution is -2.19. The molecule has 0 amide bonds. The number of likely N-dealkylation sites (N-methyl/N-ethyl adjacent to an activating group) is 1. The third kappa shape index (κ3) is 7.46. The Morgan fingerprint density at radius 1 is 1.21 bits per heavy atom. The van der Waals surface area contributed by atoms with E-state index in [0.717, 1.165) is 80.5 Å². The van der Waals surface area contributed by atoms with E-state index in [9.17, 15) is 9.90 Å². The molecule has 4 atom stereocenters. The molecule has 1 fully saturated rings. The number of esters is 1. The largest absolute Gasteiger partial charge is 0.507 e. The number of nitrogens with zero attached hydrogens (tertiary/aromatic N) is 1. The molecule has 1 heterocycles. The molecule has 0 radical (unpaired) electrons. The van der Waals surface area contributed by atoms with E-state index in [0.29, 0.717) is 12.2 Å². The van der Waals surface area contributed by atoms with Crippen molar-refractivity contribution in [2.24, 2.45) is 5.92 Å². The van der Waals surface area contributed by atoms with Crippen LogP contribution in [0.5, 0.6) is 11.5 Å². The Labute approximate surface area is 207 Å². The van der Waals surface area contributed by atoms with E-state index < -0.39 is 0 Å². The summed E-state index contributed by atoms with van der Waals surface area (Å²) < 4.78 is 5.98. The van der Waals surface area contributed by atoms with Crippen LogP contribution in [0.4, 0.5) is 0 Å². The summed E-state index contributed by atoms with van der Waals surface area (Å²) in [4.78, 5) is 15.2. The van der Waals surface area contributed by atoms with Crippen LogP contribution in [0.2, 0.25) is 0 Å². The summed E-state index contributed by atoms with van der Waals surface area (Å²) in [6, 6.07) is 4.63. The van der Waals surface area contributed by atoms with Gasteiger partial charge in [-0.05, 0) is 83.0 Å². The van der Waals surface area contributed by atoms with E-state index in [1.54, 1.807) is 0 Å². The molecule has 1 saturated heterocycles. The molecule has 0 spiro atoms. The first-order valence-corrected chi connectivity index (χ1v) is 13.4. The fourth-order valence-electron chi connectivity index (χ4n) is 5.31. The van der Waals surface area contributed by atoms with E-state index in [1.165, 1.54) is 18.5 Å². The van der Waals surface area contributed by atoms with Crippen molar-refractivity contribution in [1.29, 1.82) is 0 Å². The molecule has 34 heavy (non-hydrogen) atoms. The Bertz CT molecular complexity index is 887.